The Labute approximate surface area is 120 Å². The number of hydrogen-bond acceptors (Lipinski definition) is 5. The third-order valence-corrected chi connectivity index (χ3v) is 3.74. The van der Waals surface area contributed by atoms with Crippen molar-refractivity contribution in [2.75, 3.05) is 5.75 Å². The van der Waals surface area contributed by atoms with Gasteiger partial charge in [-0.2, -0.15) is 4.68 Å². The Kier molecular flexibility index (Phi) is 4.15. The van der Waals surface area contributed by atoms with Crippen molar-refractivity contribution in [2.24, 2.45) is 0 Å². The number of thioether (sulfide) groups is 1. The molecule has 1 heterocycles. The Hall–Kier alpha value is -1.48. The number of carbonyl (C=O) groups is 1. The van der Waals surface area contributed by atoms with Crippen LogP contribution in [0.1, 0.15) is 5.56 Å². The molecule has 0 aliphatic heterocycles. The number of aromatic nitrogens is 4. The van der Waals surface area contributed by atoms with Crippen LogP contribution in [0.3, 0.4) is 0 Å². The summed E-state index contributed by atoms with van der Waals surface area (Å²) in [4.78, 5) is 10.5. The van der Waals surface area contributed by atoms with Crippen LogP contribution in [0.15, 0.2) is 21.8 Å². The van der Waals surface area contributed by atoms with Gasteiger partial charge in [-0.25, -0.2) is 4.39 Å². The summed E-state index contributed by atoms with van der Waals surface area (Å²) in [6, 6.07) is 2.90. The molecule has 2 rings (SSSR count). The number of tetrazole rings is 1. The van der Waals surface area contributed by atoms with E-state index in [0.717, 1.165) is 17.3 Å². The lowest BCUT2D eigenvalue weighted by Crippen LogP contribution is -2.05. The first-order chi connectivity index (χ1) is 8.99. The van der Waals surface area contributed by atoms with E-state index in [1.807, 2.05) is 0 Å². The first kappa shape index (κ1) is 13.9. The van der Waals surface area contributed by atoms with Crippen molar-refractivity contribution in [1.82, 2.24) is 20.2 Å². The van der Waals surface area contributed by atoms with Crippen LogP contribution in [-0.2, 0) is 4.79 Å². The summed E-state index contributed by atoms with van der Waals surface area (Å²) < 4.78 is 15.2. The maximum Gasteiger partial charge on any atom is 0.313 e. The zero-order valence-corrected chi connectivity index (χ0v) is 12.1. The highest BCUT2D eigenvalue weighted by Crippen LogP contribution is 2.25. The average Bonchev–Trinajstić information content (AvgIpc) is 2.79. The van der Waals surface area contributed by atoms with Gasteiger partial charge in [0.2, 0.25) is 5.16 Å². The second-order valence-corrected chi connectivity index (χ2v) is 5.41. The second-order valence-electron chi connectivity index (χ2n) is 3.61. The van der Waals surface area contributed by atoms with Crippen molar-refractivity contribution in [3.8, 4) is 5.69 Å². The molecule has 9 heteroatoms. The first-order valence-electron chi connectivity index (χ1n) is 5.08. The van der Waals surface area contributed by atoms with Crippen LogP contribution < -0.4 is 0 Å². The fourth-order valence-electron chi connectivity index (χ4n) is 1.41. The molecule has 19 heavy (non-hydrogen) atoms. The summed E-state index contributed by atoms with van der Waals surface area (Å²) >= 11 is 4.06. The smallest absolute Gasteiger partial charge is 0.313 e. The molecular formula is C10H8BrFN4O2S. The van der Waals surface area contributed by atoms with Gasteiger partial charge in [0.15, 0.2) is 0 Å². The Bertz CT molecular complexity index is 634. The minimum Gasteiger partial charge on any atom is -0.481 e. The molecule has 0 fully saturated rings. The van der Waals surface area contributed by atoms with Gasteiger partial charge in [-0.05, 0) is 44.9 Å². The van der Waals surface area contributed by atoms with E-state index >= 15 is 0 Å². The summed E-state index contributed by atoms with van der Waals surface area (Å²) in [6.07, 6.45) is 0. The van der Waals surface area contributed by atoms with E-state index in [-0.39, 0.29) is 5.75 Å². The van der Waals surface area contributed by atoms with Gasteiger partial charge in [-0.1, -0.05) is 11.8 Å². The molecule has 6 nitrogen and oxygen atoms in total. The quantitative estimate of drug-likeness (QED) is 0.853. The summed E-state index contributed by atoms with van der Waals surface area (Å²) in [5, 5.41) is 19.9. The van der Waals surface area contributed by atoms with Gasteiger partial charge in [0.1, 0.15) is 5.82 Å². The van der Waals surface area contributed by atoms with Gasteiger partial charge >= 0.3 is 5.97 Å². The van der Waals surface area contributed by atoms with Gasteiger partial charge in [0, 0.05) is 6.07 Å². The Morgan fingerprint density at radius 1 is 1.58 bits per heavy atom. The molecule has 1 N–H and O–H groups in total. The van der Waals surface area contributed by atoms with E-state index in [1.165, 1.54) is 10.7 Å². The van der Waals surface area contributed by atoms with Crippen LogP contribution in [0.5, 0.6) is 0 Å². The van der Waals surface area contributed by atoms with Crippen molar-refractivity contribution in [2.45, 2.75) is 12.1 Å². The summed E-state index contributed by atoms with van der Waals surface area (Å²) in [5.74, 6) is -1.58. The molecule has 0 atom stereocenters. The SMILES string of the molecule is Cc1cc(Br)c(F)cc1-n1nnnc1SCC(=O)O. The highest BCUT2D eigenvalue weighted by Gasteiger charge is 2.14. The number of carboxylic acid groups (broad SMARTS) is 1. The van der Waals surface area contributed by atoms with E-state index in [9.17, 15) is 9.18 Å². The number of hydrogen-bond donors (Lipinski definition) is 1. The lowest BCUT2D eigenvalue weighted by atomic mass is 10.2. The van der Waals surface area contributed by atoms with Crippen LogP contribution in [-0.4, -0.2) is 37.0 Å². The van der Waals surface area contributed by atoms with Crippen LogP contribution in [0.25, 0.3) is 5.69 Å². The van der Waals surface area contributed by atoms with Crippen molar-refractivity contribution in [1.29, 1.82) is 0 Å². The zero-order chi connectivity index (χ0) is 14.0. The molecule has 1 aromatic carbocycles. The highest BCUT2D eigenvalue weighted by molar-refractivity contribution is 9.10. The average molecular weight is 347 g/mol. The van der Waals surface area contributed by atoms with Gasteiger partial charge in [-0.3, -0.25) is 4.79 Å². The number of aryl methyl sites for hydroxylation is 1. The zero-order valence-electron chi connectivity index (χ0n) is 9.67. The molecule has 0 bridgehead atoms. The molecule has 0 saturated heterocycles. The van der Waals surface area contributed by atoms with E-state index < -0.39 is 11.8 Å². The highest BCUT2D eigenvalue weighted by atomic mass is 79.9. The van der Waals surface area contributed by atoms with Crippen molar-refractivity contribution in [3.63, 3.8) is 0 Å². The fourth-order valence-corrected chi connectivity index (χ4v) is 2.47. The van der Waals surface area contributed by atoms with E-state index in [1.54, 1.807) is 13.0 Å². The Morgan fingerprint density at radius 2 is 2.32 bits per heavy atom. The van der Waals surface area contributed by atoms with Crippen LogP contribution in [0.4, 0.5) is 4.39 Å². The lowest BCUT2D eigenvalue weighted by Gasteiger charge is -2.08. The summed E-state index contributed by atoms with van der Waals surface area (Å²) in [6.45, 7) is 1.78. The van der Waals surface area contributed by atoms with Crippen LogP contribution in [0, 0.1) is 12.7 Å². The molecule has 2 aromatic rings. The Balaban J connectivity index is 2.40. The second kappa shape index (κ2) is 5.66. The maximum absolute atomic E-state index is 13.6. The molecule has 0 aliphatic rings. The Morgan fingerprint density at radius 3 is 3.00 bits per heavy atom. The summed E-state index contributed by atoms with van der Waals surface area (Å²) in [5.41, 5.74) is 1.23. The molecule has 0 aliphatic carbocycles. The molecule has 100 valence electrons. The molecular weight excluding hydrogens is 339 g/mol. The van der Waals surface area contributed by atoms with E-state index in [0.29, 0.717) is 15.3 Å². The number of benzene rings is 1. The molecule has 0 spiro atoms. The number of aliphatic carboxylic acids is 1. The standard InChI is InChI=1S/C10H8BrFN4O2S/c1-5-2-6(11)7(12)3-8(5)16-10(13-14-15-16)19-4-9(17)18/h2-3H,4H2,1H3,(H,17,18). The van der Waals surface area contributed by atoms with Gasteiger partial charge in [-0.15, -0.1) is 5.10 Å². The molecule has 1 aromatic heterocycles. The fraction of sp³-hybridized carbons (Fsp3) is 0.200. The van der Waals surface area contributed by atoms with Crippen molar-refractivity contribution in [3.05, 3.63) is 28.0 Å². The third kappa shape index (κ3) is 3.10. The topological polar surface area (TPSA) is 80.9 Å². The lowest BCUT2D eigenvalue weighted by molar-refractivity contribution is -0.133. The number of carboxylic acids is 1. The molecule has 0 unspecified atom stereocenters. The third-order valence-electron chi connectivity index (χ3n) is 2.23. The predicted octanol–water partition coefficient (Wildman–Crippen LogP) is 2.05. The number of halogens is 2. The molecule has 0 saturated carbocycles. The van der Waals surface area contributed by atoms with Crippen LogP contribution in [0.2, 0.25) is 0 Å². The number of rotatable bonds is 4. The van der Waals surface area contributed by atoms with E-state index in [4.69, 9.17) is 5.11 Å². The number of nitrogens with zero attached hydrogens (tertiary/aromatic N) is 4. The van der Waals surface area contributed by atoms with Gasteiger partial charge in [0.05, 0.1) is 15.9 Å². The minimum absolute atomic E-state index is 0.168. The predicted molar refractivity (Wildman–Crippen MR) is 69.9 cm³/mol. The molecule has 0 amide bonds. The maximum atomic E-state index is 13.6. The largest absolute Gasteiger partial charge is 0.481 e. The molecule has 0 radical (unpaired) electrons. The first-order valence-corrected chi connectivity index (χ1v) is 6.86. The van der Waals surface area contributed by atoms with Gasteiger partial charge < -0.3 is 5.11 Å². The monoisotopic (exact) mass is 346 g/mol. The minimum atomic E-state index is -0.974. The van der Waals surface area contributed by atoms with Crippen molar-refractivity contribution >= 4 is 33.7 Å². The van der Waals surface area contributed by atoms with Gasteiger partial charge in [0.25, 0.3) is 0 Å². The summed E-state index contributed by atoms with van der Waals surface area (Å²) in [7, 11) is 0. The van der Waals surface area contributed by atoms with E-state index in [2.05, 4.69) is 31.5 Å². The van der Waals surface area contributed by atoms with Crippen molar-refractivity contribution < 1.29 is 14.3 Å². The normalized spacial score (nSPS) is 10.7. The van der Waals surface area contributed by atoms with Crippen LogP contribution >= 0.6 is 27.7 Å².